The Morgan fingerprint density at radius 2 is 1.64 bits per heavy atom. The molecular formula is C19H23NOS. The van der Waals surface area contributed by atoms with Crippen LogP contribution in [0.2, 0.25) is 0 Å². The molecule has 22 heavy (non-hydrogen) atoms. The monoisotopic (exact) mass is 313 g/mol. The van der Waals surface area contributed by atoms with E-state index >= 15 is 0 Å². The second-order valence-corrected chi connectivity index (χ2v) is 6.57. The van der Waals surface area contributed by atoms with Crippen molar-refractivity contribution in [1.29, 1.82) is 0 Å². The molecule has 0 aliphatic carbocycles. The Hall–Kier alpha value is -1.74. The molecule has 0 radical (unpaired) electrons. The minimum atomic E-state index is 0.0543. The van der Waals surface area contributed by atoms with Gasteiger partial charge in [-0.15, -0.1) is 11.8 Å². The van der Waals surface area contributed by atoms with Crippen LogP contribution in [-0.2, 0) is 17.0 Å². The van der Waals surface area contributed by atoms with Gasteiger partial charge in [0.25, 0.3) is 0 Å². The molecule has 116 valence electrons. The van der Waals surface area contributed by atoms with E-state index in [1.165, 1.54) is 22.3 Å². The van der Waals surface area contributed by atoms with Crippen LogP contribution in [0.1, 0.15) is 29.2 Å². The highest BCUT2D eigenvalue weighted by Gasteiger charge is 2.04. The van der Waals surface area contributed by atoms with Gasteiger partial charge in [0.2, 0.25) is 5.91 Å². The van der Waals surface area contributed by atoms with Gasteiger partial charge in [0, 0.05) is 11.4 Å². The first-order valence-corrected chi connectivity index (χ1v) is 8.76. The highest BCUT2D eigenvalue weighted by Crippen LogP contribution is 2.16. The third-order valence-corrected chi connectivity index (χ3v) is 4.43. The first kappa shape index (κ1) is 16.6. The van der Waals surface area contributed by atoms with Gasteiger partial charge in [0.05, 0.1) is 5.75 Å². The van der Waals surface area contributed by atoms with E-state index in [9.17, 15) is 4.79 Å². The lowest BCUT2D eigenvalue weighted by molar-refractivity contribution is -0.113. The Morgan fingerprint density at radius 1 is 1.00 bits per heavy atom. The van der Waals surface area contributed by atoms with Gasteiger partial charge >= 0.3 is 0 Å². The average Bonchev–Trinajstić information content (AvgIpc) is 2.47. The highest BCUT2D eigenvalue weighted by molar-refractivity contribution is 7.99. The molecule has 1 N–H and O–H groups in total. The molecule has 0 atom stereocenters. The standard InChI is InChI=1S/C19H23NOS/c1-4-16-5-7-18(8-6-16)20-19(21)13-22-12-17-10-14(2)9-15(3)11-17/h5-11H,4,12-13H2,1-3H3,(H,20,21). The van der Waals surface area contributed by atoms with Gasteiger partial charge < -0.3 is 5.32 Å². The van der Waals surface area contributed by atoms with Crippen LogP contribution in [0.15, 0.2) is 42.5 Å². The molecule has 0 saturated heterocycles. The van der Waals surface area contributed by atoms with E-state index in [2.05, 4.69) is 56.4 Å². The van der Waals surface area contributed by atoms with Crippen molar-refractivity contribution in [2.45, 2.75) is 32.9 Å². The quantitative estimate of drug-likeness (QED) is 0.834. The van der Waals surface area contributed by atoms with E-state index in [0.717, 1.165) is 17.9 Å². The van der Waals surface area contributed by atoms with Crippen molar-refractivity contribution in [3.05, 3.63) is 64.7 Å². The number of carbonyl (C=O) groups is 1. The predicted molar refractivity (Wildman–Crippen MR) is 96.5 cm³/mol. The van der Waals surface area contributed by atoms with E-state index in [-0.39, 0.29) is 5.91 Å². The van der Waals surface area contributed by atoms with E-state index in [0.29, 0.717) is 5.75 Å². The van der Waals surface area contributed by atoms with E-state index < -0.39 is 0 Å². The van der Waals surface area contributed by atoms with Crippen LogP contribution >= 0.6 is 11.8 Å². The van der Waals surface area contributed by atoms with Crippen molar-refractivity contribution in [3.8, 4) is 0 Å². The molecule has 0 bridgehead atoms. The van der Waals surface area contributed by atoms with Crippen LogP contribution in [0.4, 0.5) is 5.69 Å². The molecule has 0 aliphatic heterocycles. The molecule has 0 aromatic heterocycles. The Labute approximate surface area is 137 Å². The maximum atomic E-state index is 12.0. The molecule has 1 amide bonds. The summed E-state index contributed by atoms with van der Waals surface area (Å²) in [7, 11) is 0. The minimum absolute atomic E-state index is 0.0543. The first-order chi connectivity index (χ1) is 10.6. The molecule has 2 aromatic rings. The summed E-state index contributed by atoms with van der Waals surface area (Å²) in [5, 5.41) is 2.94. The van der Waals surface area contributed by atoms with Gasteiger partial charge in [0.1, 0.15) is 0 Å². The Balaban J connectivity index is 1.79. The number of rotatable bonds is 6. The zero-order valence-electron chi connectivity index (χ0n) is 13.5. The second-order valence-electron chi connectivity index (χ2n) is 5.59. The van der Waals surface area contributed by atoms with Crippen molar-refractivity contribution in [2.24, 2.45) is 0 Å². The molecule has 0 saturated carbocycles. The summed E-state index contributed by atoms with van der Waals surface area (Å²) in [6, 6.07) is 14.6. The molecule has 0 fully saturated rings. The van der Waals surface area contributed by atoms with Crippen LogP contribution in [-0.4, -0.2) is 11.7 Å². The molecule has 2 nitrogen and oxygen atoms in total. The summed E-state index contributed by atoms with van der Waals surface area (Å²) in [5.74, 6) is 1.39. The van der Waals surface area contributed by atoms with Gasteiger partial charge in [-0.05, 0) is 43.5 Å². The van der Waals surface area contributed by atoms with Crippen LogP contribution in [0.25, 0.3) is 0 Å². The maximum Gasteiger partial charge on any atom is 0.234 e. The number of amides is 1. The molecule has 0 spiro atoms. The van der Waals surface area contributed by atoms with E-state index in [1.807, 2.05) is 12.1 Å². The molecule has 3 heteroatoms. The van der Waals surface area contributed by atoms with Crippen molar-refractivity contribution >= 4 is 23.4 Å². The number of hydrogen-bond acceptors (Lipinski definition) is 2. The molecule has 2 aromatic carbocycles. The average molecular weight is 313 g/mol. The molecular weight excluding hydrogens is 290 g/mol. The predicted octanol–water partition coefficient (Wildman–Crippen LogP) is 4.74. The number of hydrogen-bond donors (Lipinski definition) is 1. The lowest BCUT2D eigenvalue weighted by Crippen LogP contribution is -2.14. The lowest BCUT2D eigenvalue weighted by Gasteiger charge is -2.07. The largest absolute Gasteiger partial charge is 0.325 e. The first-order valence-electron chi connectivity index (χ1n) is 7.60. The smallest absolute Gasteiger partial charge is 0.234 e. The van der Waals surface area contributed by atoms with Crippen LogP contribution < -0.4 is 5.32 Å². The summed E-state index contributed by atoms with van der Waals surface area (Å²) in [6.45, 7) is 6.33. The number of anilines is 1. The Morgan fingerprint density at radius 3 is 2.23 bits per heavy atom. The van der Waals surface area contributed by atoms with Crippen molar-refractivity contribution in [1.82, 2.24) is 0 Å². The Bertz CT molecular complexity index is 614. The van der Waals surface area contributed by atoms with Crippen molar-refractivity contribution in [2.75, 3.05) is 11.1 Å². The molecule has 0 unspecified atom stereocenters. The van der Waals surface area contributed by atoms with Gasteiger partial charge in [-0.1, -0.05) is 48.4 Å². The van der Waals surface area contributed by atoms with E-state index in [1.54, 1.807) is 11.8 Å². The van der Waals surface area contributed by atoms with Gasteiger partial charge in [-0.3, -0.25) is 4.79 Å². The number of aryl methyl sites for hydroxylation is 3. The van der Waals surface area contributed by atoms with Crippen LogP contribution in [0.5, 0.6) is 0 Å². The SMILES string of the molecule is CCc1ccc(NC(=O)CSCc2cc(C)cc(C)c2)cc1. The second kappa shape index (κ2) is 8.04. The summed E-state index contributed by atoms with van der Waals surface area (Å²) in [6.07, 6.45) is 1.01. The van der Waals surface area contributed by atoms with Gasteiger partial charge in [-0.25, -0.2) is 0 Å². The van der Waals surface area contributed by atoms with Crippen LogP contribution in [0.3, 0.4) is 0 Å². The summed E-state index contributed by atoms with van der Waals surface area (Å²) < 4.78 is 0. The number of carbonyl (C=O) groups excluding carboxylic acids is 1. The maximum absolute atomic E-state index is 12.0. The zero-order valence-corrected chi connectivity index (χ0v) is 14.3. The van der Waals surface area contributed by atoms with E-state index in [4.69, 9.17) is 0 Å². The van der Waals surface area contributed by atoms with Gasteiger partial charge in [-0.2, -0.15) is 0 Å². The summed E-state index contributed by atoms with van der Waals surface area (Å²) in [4.78, 5) is 12.0. The van der Waals surface area contributed by atoms with Crippen LogP contribution in [0, 0.1) is 13.8 Å². The number of nitrogens with one attached hydrogen (secondary N) is 1. The number of thioether (sulfide) groups is 1. The van der Waals surface area contributed by atoms with Gasteiger partial charge in [0.15, 0.2) is 0 Å². The summed E-state index contributed by atoms with van der Waals surface area (Å²) >= 11 is 1.65. The third kappa shape index (κ3) is 5.23. The molecule has 0 aliphatic rings. The molecule has 2 rings (SSSR count). The normalized spacial score (nSPS) is 10.5. The lowest BCUT2D eigenvalue weighted by atomic mass is 10.1. The number of benzene rings is 2. The Kier molecular flexibility index (Phi) is 6.08. The fourth-order valence-electron chi connectivity index (χ4n) is 2.43. The topological polar surface area (TPSA) is 29.1 Å². The fraction of sp³-hybridized carbons (Fsp3) is 0.316. The fourth-order valence-corrected chi connectivity index (χ4v) is 3.20. The highest BCUT2D eigenvalue weighted by atomic mass is 32.2. The van der Waals surface area contributed by atoms with Crippen molar-refractivity contribution in [3.63, 3.8) is 0 Å². The zero-order chi connectivity index (χ0) is 15.9. The molecule has 0 heterocycles. The summed E-state index contributed by atoms with van der Waals surface area (Å²) in [5.41, 5.74) is 5.98. The minimum Gasteiger partial charge on any atom is -0.325 e. The van der Waals surface area contributed by atoms with Crippen molar-refractivity contribution < 1.29 is 4.79 Å². The third-order valence-electron chi connectivity index (χ3n) is 3.43.